The maximum atomic E-state index is 14.5. The summed E-state index contributed by atoms with van der Waals surface area (Å²) in [6.45, 7) is 2.60. The van der Waals surface area contributed by atoms with E-state index in [1.807, 2.05) is 0 Å². The number of halogens is 9. The maximum Gasteiger partial charge on any atom is 0.430 e. The number of carbonyl (C=O) groups excluding carboxylic acids is 1. The maximum absolute atomic E-state index is 14.5. The summed E-state index contributed by atoms with van der Waals surface area (Å²) < 4.78 is 165. The number of piperidine rings is 1. The van der Waals surface area contributed by atoms with Gasteiger partial charge in [-0.05, 0) is 75.6 Å². The highest BCUT2D eigenvalue weighted by Crippen LogP contribution is 2.54. The molecule has 0 unspecified atom stereocenters. The number of benzene rings is 3. The lowest BCUT2D eigenvalue weighted by molar-refractivity contribution is -0.392. The van der Waals surface area contributed by atoms with Crippen LogP contribution >= 0.6 is 0 Å². The molecule has 1 amide bonds. The number of rotatable bonds is 7. The Morgan fingerprint density at radius 2 is 1.29 bits per heavy atom. The molecule has 0 saturated carbocycles. The van der Waals surface area contributed by atoms with Crippen molar-refractivity contribution in [3.8, 4) is 0 Å². The van der Waals surface area contributed by atoms with Gasteiger partial charge in [0.15, 0.2) is 9.84 Å². The van der Waals surface area contributed by atoms with Crippen molar-refractivity contribution in [2.45, 2.75) is 73.4 Å². The third-order valence-electron chi connectivity index (χ3n) is 7.97. The predicted molar refractivity (Wildman–Crippen MR) is 154 cm³/mol. The molecule has 0 spiro atoms. The van der Waals surface area contributed by atoms with Crippen LogP contribution in [0.1, 0.15) is 50.3 Å². The zero-order chi connectivity index (χ0) is 35.9. The minimum Gasteiger partial charge on any atom is -0.444 e. The molecule has 4 rings (SSSR count). The van der Waals surface area contributed by atoms with Crippen molar-refractivity contribution >= 4 is 15.9 Å². The molecule has 0 atom stereocenters. The zero-order valence-electron chi connectivity index (χ0n) is 25.7. The molecule has 3 aromatic carbocycles. The molecule has 0 N–H and O–H groups in total. The molecule has 1 aliphatic rings. The Kier molecular flexibility index (Phi) is 9.96. The molecule has 262 valence electrons. The lowest BCUT2D eigenvalue weighted by Crippen LogP contribution is -2.56. The van der Waals surface area contributed by atoms with E-state index in [4.69, 9.17) is 4.74 Å². The van der Waals surface area contributed by atoms with Crippen molar-refractivity contribution in [2.75, 3.05) is 13.1 Å². The lowest BCUT2D eigenvalue weighted by atomic mass is 9.85. The number of nitrogens with zero attached hydrogens (tertiary/aromatic N) is 1. The number of likely N-dealkylation sites (tertiary alicyclic amines) is 1. The van der Waals surface area contributed by atoms with E-state index in [1.54, 1.807) is 20.8 Å². The molecule has 0 bridgehead atoms. The first-order chi connectivity index (χ1) is 22.1. The normalized spacial score (nSPS) is 16.1. The van der Waals surface area contributed by atoms with E-state index in [-0.39, 0.29) is 36.4 Å². The Bertz CT molecular complexity index is 1690. The number of carbonyl (C=O) groups is 1. The van der Waals surface area contributed by atoms with Gasteiger partial charge in [-0.15, -0.1) is 0 Å². The van der Waals surface area contributed by atoms with Crippen LogP contribution < -0.4 is 0 Å². The molecule has 0 radical (unpaired) electrons. The SMILES string of the molecule is CC(C)(C)OC(=O)N1CCC(c2ccc(C(OCc3c(F)cccc3F)(C(F)(F)F)C(F)(F)F)cc2)(S(=O)(=O)c2ccc(F)cc2)CC1. The quantitative estimate of drug-likeness (QED) is 0.182. The van der Waals surface area contributed by atoms with Crippen molar-refractivity contribution in [2.24, 2.45) is 0 Å². The van der Waals surface area contributed by atoms with E-state index >= 15 is 0 Å². The minimum atomic E-state index is -6.22. The van der Waals surface area contributed by atoms with E-state index in [9.17, 15) is 52.7 Å². The number of alkyl halides is 6. The molecule has 16 heteroatoms. The van der Waals surface area contributed by atoms with E-state index in [1.165, 1.54) is 4.90 Å². The lowest BCUT2D eigenvalue weighted by Gasteiger charge is -2.42. The van der Waals surface area contributed by atoms with Crippen LogP contribution in [0.2, 0.25) is 0 Å². The molecule has 3 aromatic rings. The fraction of sp³-hybridized carbons (Fsp3) is 0.406. The highest BCUT2D eigenvalue weighted by molar-refractivity contribution is 7.92. The van der Waals surface area contributed by atoms with Gasteiger partial charge in [-0.2, -0.15) is 26.3 Å². The topological polar surface area (TPSA) is 72.9 Å². The second-order valence-corrected chi connectivity index (χ2v) is 14.4. The van der Waals surface area contributed by atoms with Gasteiger partial charge >= 0.3 is 18.4 Å². The van der Waals surface area contributed by atoms with E-state index < -0.39 is 79.4 Å². The van der Waals surface area contributed by atoms with Crippen LogP contribution in [0.4, 0.5) is 44.3 Å². The Hall–Kier alpha value is -3.79. The molecule has 1 heterocycles. The van der Waals surface area contributed by atoms with Gasteiger partial charge < -0.3 is 14.4 Å². The number of hydrogen-bond donors (Lipinski definition) is 0. The number of amides is 1. The van der Waals surface area contributed by atoms with Crippen LogP contribution in [0.5, 0.6) is 0 Å². The fourth-order valence-electron chi connectivity index (χ4n) is 5.52. The highest BCUT2D eigenvalue weighted by Gasteiger charge is 2.73. The van der Waals surface area contributed by atoms with Crippen molar-refractivity contribution in [3.05, 3.63) is 101 Å². The predicted octanol–water partition coefficient (Wildman–Crippen LogP) is 8.34. The first kappa shape index (κ1) is 37.0. The summed E-state index contributed by atoms with van der Waals surface area (Å²) in [5, 5.41) is 0. The third kappa shape index (κ3) is 6.86. The Labute approximate surface area is 270 Å². The molecule has 6 nitrogen and oxygen atoms in total. The van der Waals surface area contributed by atoms with Gasteiger partial charge in [0.1, 0.15) is 27.8 Å². The summed E-state index contributed by atoms with van der Waals surface area (Å²) in [7, 11) is -4.54. The molecular formula is C32H30F9NO5S. The van der Waals surface area contributed by atoms with Gasteiger partial charge in [-0.3, -0.25) is 0 Å². The van der Waals surface area contributed by atoms with Crippen LogP contribution in [-0.2, 0) is 36.3 Å². The van der Waals surface area contributed by atoms with E-state index in [0.717, 1.165) is 42.5 Å². The smallest absolute Gasteiger partial charge is 0.430 e. The fourth-order valence-corrected chi connectivity index (χ4v) is 7.64. The van der Waals surface area contributed by atoms with Gasteiger partial charge in [0.25, 0.3) is 5.60 Å². The van der Waals surface area contributed by atoms with Crippen LogP contribution in [0.25, 0.3) is 0 Å². The van der Waals surface area contributed by atoms with E-state index in [0.29, 0.717) is 24.3 Å². The van der Waals surface area contributed by atoms with Crippen molar-refractivity contribution in [3.63, 3.8) is 0 Å². The first-order valence-electron chi connectivity index (χ1n) is 14.4. The van der Waals surface area contributed by atoms with E-state index in [2.05, 4.69) is 4.74 Å². The summed E-state index contributed by atoms with van der Waals surface area (Å²) in [6.07, 6.45) is -13.9. The molecular weight excluding hydrogens is 681 g/mol. The third-order valence-corrected chi connectivity index (χ3v) is 10.5. The first-order valence-corrected chi connectivity index (χ1v) is 15.8. The second-order valence-electron chi connectivity index (χ2n) is 12.2. The summed E-state index contributed by atoms with van der Waals surface area (Å²) in [5.41, 5.74) is -8.92. The Morgan fingerprint density at radius 1 is 0.792 bits per heavy atom. The van der Waals surface area contributed by atoms with Gasteiger partial charge in [-0.1, -0.05) is 30.3 Å². The number of sulfone groups is 1. The standard InChI is InChI=1S/C32H30F9NO5S/c1-28(2,3)47-27(43)42-17-15-29(16-18-42,48(44,45)23-13-11-22(33)12-14-23)20-7-9-21(10-8-20)30(31(36,37)38,32(39,40)41)46-19-24-25(34)5-4-6-26(24)35/h4-14H,15-19H2,1-3H3. The van der Waals surface area contributed by atoms with Gasteiger partial charge in [0.2, 0.25) is 0 Å². The van der Waals surface area contributed by atoms with Gasteiger partial charge in [-0.25, -0.2) is 26.4 Å². The Morgan fingerprint density at radius 3 is 1.75 bits per heavy atom. The van der Waals surface area contributed by atoms with Crippen LogP contribution in [0.3, 0.4) is 0 Å². The van der Waals surface area contributed by atoms with Gasteiger partial charge in [0, 0.05) is 24.2 Å². The monoisotopic (exact) mass is 711 g/mol. The number of ether oxygens (including phenoxy) is 2. The van der Waals surface area contributed by atoms with Crippen LogP contribution in [0.15, 0.2) is 71.6 Å². The van der Waals surface area contributed by atoms with Crippen molar-refractivity contribution in [1.29, 1.82) is 0 Å². The average Bonchev–Trinajstić information content (AvgIpc) is 2.97. The molecule has 48 heavy (non-hydrogen) atoms. The highest BCUT2D eigenvalue weighted by atomic mass is 32.2. The van der Waals surface area contributed by atoms with Crippen LogP contribution in [0, 0.1) is 17.5 Å². The molecule has 1 saturated heterocycles. The average molecular weight is 712 g/mol. The summed E-state index contributed by atoms with van der Waals surface area (Å²) >= 11 is 0. The van der Waals surface area contributed by atoms with Gasteiger partial charge in [0.05, 0.1) is 11.5 Å². The molecule has 0 aromatic heterocycles. The second kappa shape index (κ2) is 12.9. The van der Waals surface area contributed by atoms with Crippen LogP contribution in [-0.4, -0.2) is 50.5 Å². The van der Waals surface area contributed by atoms with Crippen molar-refractivity contribution < 1.29 is 62.2 Å². The van der Waals surface area contributed by atoms with Crippen molar-refractivity contribution in [1.82, 2.24) is 4.90 Å². The minimum absolute atomic E-state index is 0.224. The number of hydrogen-bond acceptors (Lipinski definition) is 5. The summed E-state index contributed by atoms with van der Waals surface area (Å²) in [4.78, 5) is 13.5. The Balaban J connectivity index is 1.82. The summed E-state index contributed by atoms with van der Waals surface area (Å²) in [5.74, 6) is -3.64. The summed E-state index contributed by atoms with van der Waals surface area (Å²) in [6, 6.07) is 8.10. The molecule has 0 aliphatic carbocycles. The zero-order valence-corrected chi connectivity index (χ0v) is 26.5. The largest absolute Gasteiger partial charge is 0.444 e. The molecule has 1 aliphatic heterocycles. The molecule has 1 fully saturated rings.